The average molecular weight is 357 g/mol. The van der Waals surface area contributed by atoms with Crippen molar-refractivity contribution in [1.29, 1.82) is 0 Å². The SMILES string of the molecule is C[C@@H](OC(=O)c1ccccc1[S@@](C)=O)C(=O)N1CCc2ccccc21. The number of hydrogen-bond acceptors (Lipinski definition) is 4. The van der Waals surface area contributed by atoms with Gasteiger partial charge in [-0.15, -0.1) is 0 Å². The first-order valence-electron chi connectivity index (χ1n) is 8.01. The lowest BCUT2D eigenvalue weighted by molar-refractivity contribution is -0.126. The van der Waals surface area contributed by atoms with Crippen molar-refractivity contribution in [1.82, 2.24) is 0 Å². The Balaban J connectivity index is 1.75. The summed E-state index contributed by atoms with van der Waals surface area (Å²) in [5, 5.41) is 0. The number of esters is 1. The van der Waals surface area contributed by atoms with Crippen molar-refractivity contribution in [3.8, 4) is 0 Å². The van der Waals surface area contributed by atoms with Gasteiger partial charge < -0.3 is 9.64 Å². The van der Waals surface area contributed by atoms with Crippen molar-refractivity contribution in [2.24, 2.45) is 0 Å². The van der Waals surface area contributed by atoms with Gasteiger partial charge in [0.1, 0.15) is 0 Å². The number of amides is 1. The Labute approximate surface area is 149 Å². The van der Waals surface area contributed by atoms with E-state index in [4.69, 9.17) is 4.74 Å². The molecule has 0 spiro atoms. The van der Waals surface area contributed by atoms with Crippen molar-refractivity contribution in [2.45, 2.75) is 24.3 Å². The van der Waals surface area contributed by atoms with Gasteiger partial charge in [-0.2, -0.15) is 0 Å². The first kappa shape index (κ1) is 17.4. The van der Waals surface area contributed by atoms with Gasteiger partial charge >= 0.3 is 5.97 Å². The van der Waals surface area contributed by atoms with E-state index in [2.05, 4.69) is 0 Å². The smallest absolute Gasteiger partial charge is 0.340 e. The molecule has 2 aromatic carbocycles. The number of fused-ring (bicyclic) bond motifs is 1. The molecule has 0 bridgehead atoms. The van der Waals surface area contributed by atoms with E-state index in [0.29, 0.717) is 11.4 Å². The maximum atomic E-state index is 12.7. The third-order valence-electron chi connectivity index (χ3n) is 4.20. The molecule has 1 aliphatic heterocycles. The lowest BCUT2D eigenvalue weighted by Gasteiger charge is -2.22. The van der Waals surface area contributed by atoms with E-state index in [-0.39, 0.29) is 11.5 Å². The molecule has 25 heavy (non-hydrogen) atoms. The van der Waals surface area contributed by atoms with Crippen LogP contribution in [0.2, 0.25) is 0 Å². The van der Waals surface area contributed by atoms with Gasteiger partial charge in [-0.3, -0.25) is 9.00 Å². The second-order valence-corrected chi connectivity index (χ2v) is 7.21. The van der Waals surface area contributed by atoms with E-state index in [1.807, 2.05) is 24.3 Å². The largest absolute Gasteiger partial charge is 0.449 e. The lowest BCUT2D eigenvalue weighted by atomic mass is 10.2. The van der Waals surface area contributed by atoms with Crippen LogP contribution in [0.5, 0.6) is 0 Å². The van der Waals surface area contributed by atoms with Gasteiger partial charge in [-0.1, -0.05) is 30.3 Å². The molecular formula is C19H19NO4S. The van der Waals surface area contributed by atoms with Crippen molar-refractivity contribution < 1.29 is 18.5 Å². The third kappa shape index (κ3) is 3.49. The van der Waals surface area contributed by atoms with Gasteiger partial charge in [0, 0.05) is 18.5 Å². The predicted molar refractivity (Wildman–Crippen MR) is 96.2 cm³/mol. The van der Waals surface area contributed by atoms with Gasteiger partial charge in [0.25, 0.3) is 5.91 Å². The monoisotopic (exact) mass is 357 g/mol. The molecule has 0 aromatic heterocycles. The Hall–Kier alpha value is -2.47. The van der Waals surface area contributed by atoms with E-state index in [9.17, 15) is 13.8 Å². The highest BCUT2D eigenvalue weighted by molar-refractivity contribution is 7.84. The fraction of sp³-hybridized carbons (Fsp3) is 0.263. The molecule has 3 rings (SSSR count). The number of nitrogens with zero attached hydrogens (tertiary/aromatic N) is 1. The second kappa shape index (κ2) is 7.19. The highest BCUT2D eigenvalue weighted by atomic mass is 32.2. The molecule has 0 N–H and O–H groups in total. The number of anilines is 1. The molecule has 6 heteroatoms. The first-order valence-corrected chi connectivity index (χ1v) is 9.57. The van der Waals surface area contributed by atoms with Gasteiger partial charge in [-0.05, 0) is 37.1 Å². The van der Waals surface area contributed by atoms with E-state index < -0.39 is 22.9 Å². The molecule has 0 saturated carbocycles. The van der Waals surface area contributed by atoms with Crippen LogP contribution >= 0.6 is 0 Å². The van der Waals surface area contributed by atoms with E-state index in [0.717, 1.165) is 17.7 Å². The Morgan fingerprint density at radius 3 is 2.56 bits per heavy atom. The Morgan fingerprint density at radius 2 is 1.80 bits per heavy atom. The lowest BCUT2D eigenvalue weighted by Crippen LogP contribution is -2.39. The summed E-state index contributed by atoms with van der Waals surface area (Å²) in [5.74, 6) is -0.896. The molecule has 2 atom stereocenters. The summed E-state index contributed by atoms with van der Waals surface area (Å²) in [6.07, 6.45) is 1.37. The summed E-state index contributed by atoms with van der Waals surface area (Å²) in [6, 6.07) is 14.3. The average Bonchev–Trinajstić information content (AvgIpc) is 3.05. The maximum absolute atomic E-state index is 12.7. The minimum absolute atomic E-state index is 0.227. The second-order valence-electron chi connectivity index (χ2n) is 5.87. The zero-order valence-corrected chi connectivity index (χ0v) is 14.9. The summed E-state index contributed by atoms with van der Waals surface area (Å²) in [6.45, 7) is 2.14. The summed E-state index contributed by atoms with van der Waals surface area (Å²) in [4.78, 5) is 27.2. The van der Waals surface area contributed by atoms with Crippen molar-refractivity contribution in [2.75, 3.05) is 17.7 Å². The number of hydrogen-bond donors (Lipinski definition) is 0. The van der Waals surface area contributed by atoms with Gasteiger partial charge in [0.15, 0.2) is 6.10 Å². The molecule has 0 saturated heterocycles. The van der Waals surface area contributed by atoms with E-state index in [1.165, 1.54) is 6.26 Å². The minimum Gasteiger partial charge on any atom is -0.449 e. The molecule has 0 fully saturated rings. The summed E-state index contributed by atoms with van der Waals surface area (Å²) in [7, 11) is -1.31. The number of para-hydroxylation sites is 1. The molecule has 0 unspecified atom stereocenters. The van der Waals surface area contributed by atoms with E-state index >= 15 is 0 Å². The van der Waals surface area contributed by atoms with Crippen LogP contribution in [0.25, 0.3) is 0 Å². The number of benzene rings is 2. The highest BCUT2D eigenvalue weighted by Gasteiger charge is 2.30. The van der Waals surface area contributed by atoms with Crippen LogP contribution in [0.15, 0.2) is 53.4 Å². The molecular weight excluding hydrogens is 338 g/mol. The normalized spacial score (nSPS) is 15.4. The van der Waals surface area contributed by atoms with Gasteiger partial charge in [0.05, 0.1) is 21.3 Å². The number of carbonyl (C=O) groups is 2. The summed E-state index contributed by atoms with van der Waals surface area (Å²) in [5.41, 5.74) is 2.20. The van der Waals surface area contributed by atoms with Crippen LogP contribution in [0.4, 0.5) is 5.69 Å². The minimum atomic E-state index is -1.31. The molecule has 1 aliphatic rings. The Morgan fingerprint density at radius 1 is 1.12 bits per heavy atom. The molecule has 5 nitrogen and oxygen atoms in total. The van der Waals surface area contributed by atoms with Crippen LogP contribution in [0.1, 0.15) is 22.8 Å². The Bertz CT molecular complexity index is 849. The van der Waals surface area contributed by atoms with Gasteiger partial charge in [0.2, 0.25) is 0 Å². The van der Waals surface area contributed by atoms with Crippen molar-refractivity contribution in [3.63, 3.8) is 0 Å². The standard InChI is InChI=1S/C19H19NO4S/c1-13(18(21)20-12-11-14-7-3-5-9-16(14)20)24-19(22)15-8-4-6-10-17(15)25(2)23/h3-10,13H,11-12H2,1-2H3/t13-,25-/m1/s1. The zero-order chi connectivity index (χ0) is 18.0. The molecule has 0 aliphatic carbocycles. The van der Waals surface area contributed by atoms with Gasteiger partial charge in [-0.25, -0.2) is 4.79 Å². The maximum Gasteiger partial charge on any atom is 0.340 e. The van der Waals surface area contributed by atoms with Crippen molar-refractivity contribution in [3.05, 3.63) is 59.7 Å². The number of ether oxygens (including phenoxy) is 1. The summed E-state index contributed by atoms with van der Waals surface area (Å²) >= 11 is 0. The fourth-order valence-corrected chi connectivity index (χ4v) is 3.68. The fourth-order valence-electron chi connectivity index (χ4n) is 2.95. The molecule has 1 heterocycles. The molecule has 0 radical (unpaired) electrons. The predicted octanol–water partition coefficient (Wildman–Crippen LogP) is 2.56. The topological polar surface area (TPSA) is 63.7 Å². The molecule has 1 amide bonds. The number of rotatable bonds is 4. The highest BCUT2D eigenvalue weighted by Crippen LogP contribution is 2.28. The third-order valence-corrected chi connectivity index (χ3v) is 5.18. The van der Waals surface area contributed by atoms with Crippen LogP contribution in [0.3, 0.4) is 0 Å². The van der Waals surface area contributed by atoms with Crippen molar-refractivity contribution >= 4 is 28.4 Å². The van der Waals surface area contributed by atoms with Crippen LogP contribution in [-0.4, -0.2) is 35.0 Å². The molecule has 130 valence electrons. The van der Waals surface area contributed by atoms with Crippen LogP contribution < -0.4 is 4.90 Å². The summed E-state index contributed by atoms with van der Waals surface area (Å²) < 4.78 is 17.1. The van der Waals surface area contributed by atoms with E-state index in [1.54, 1.807) is 36.1 Å². The molecule has 2 aromatic rings. The quantitative estimate of drug-likeness (QED) is 0.789. The first-order chi connectivity index (χ1) is 12.0. The zero-order valence-electron chi connectivity index (χ0n) is 14.1. The Kier molecular flexibility index (Phi) is 4.99. The number of carbonyl (C=O) groups excluding carboxylic acids is 2. The van der Waals surface area contributed by atoms with Crippen LogP contribution in [0, 0.1) is 0 Å². The van der Waals surface area contributed by atoms with Crippen LogP contribution in [-0.2, 0) is 26.8 Å².